The van der Waals surface area contributed by atoms with Crippen LogP contribution in [0.5, 0.6) is 0 Å². The Morgan fingerprint density at radius 3 is 2.50 bits per heavy atom. The molecule has 4 nitrogen and oxygen atoms in total. The van der Waals surface area contributed by atoms with Crippen molar-refractivity contribution in [2.75, 3.05) is 6.54 Å². The van der Waals surface area contributed by atoms with Gasteiger partial charge >= 0.3 is 120 Å². The third-order valence-electron chi connectivity index (χ3n) is 2.72. The Bertz CT molecular complexity index is 449. The van der Waals surface area contributed by atoms with Crippen LogP contribution in [0.15, 0.2) is 22.8 Å². The zero-order valence-electron chi connectivity index (χ0n) is 11.2. The summed E-state index contributed by atoms with van der Waals surface area (Å²) in [7, 11) is 0. The molecule has 0 radical (unpaired) electrons. The Kier molecular flexibility index (Phi) is 8.42. The Morgan fingerprint density at radius 2 is 2.06 bits per heavy atom. The van der Waals surface area contributed by atoms with Gasteiger partial charge in [0, 0.05) is 0 Å². The molecule has 96 valence electrons. The second-order valence-electron chi connectivity index (χ2n) is 3.84. The average Bonchev–Trinajstić information content (AvgIpc) is 2.40. The molecule has 18 heavy (non-hydrogen) atoms. The Balaban J connectivity index is 4.62. The molecule has 0 bridgehead atoms. The number of nitrogens with one attached hydrogen (secondary N) is 2. The van der Waals surface area contributed by atoms with E-state index in [1.807, 2.05) is 13.0 Å². The summed E-state index contributed by atoms with van der Waals surface area (Å²) in [4.78, 5) is 3.21. The van der Waals surface area contributed by atoms with Crippen LogP contribution in [0.3, 0.4) is 0 Å². The molecule has 0 aliphatic heterocycles. The minimum atomic E-state index is -0.479. The normalized spacial score (nSPS) is 14.2. The van der Waals surface area contributed by atoms with E-state index >= 15 is 0 Å². The van der Waals surface area contributed by atoms with E-state index in [2.05, 4.69) is 42.5 Å². The first-order chi connectivity index (χ1) is 8.47. The van der Waals surface area contributed by atoms with Crippen molar-refractivity contribution >= 4 is 4.02 Å². The van der Waals surface area contributed by atoms with Crippen LogP contribution >= 0.6 is 0 Å². The molecule has 0 aliphatic carbocycles. The molecule has 0 saturated carbocycles. The Hall–Kier alpha value is -1.06. The molecular weight excluding hydrogens is 396 g/mol. The van der Waals surface area contributed by atoms with Gasteiger partial charge in [0.05, 0.1) is 0 Å². The van der Waals surface area contributed by atoms with Crippen LogP contribution in [0.1, 0.15) is 27.7 Å². The molecule has 2 N–H and O–H groups in total. The topological polar surface area (TPSA) is 52.2 Å². The van der Waals surface area contributed by atoms with Crippen molar-refractivity contribution in [3.63, 3.8) is 0 Å². The van der Waals surface area contributed by atoms with Crippen LogP contribution in [0.2, 0.25) is 0 Å². The summed E-state index contributed by atoms with van der Waals surface area (Å²) in [5.41, 5.74) is 9.55. The van der Waals surface area contributed by atoms with Gasteiger partial charge in [0.1, 0.15) is 0 Å². The van der Waals surface area contributed by atoms with E-state index in [-0.39, 0.29) is 6.54 Å². The van der Waals surface area contributed by atoms with Crippen molar-refractivity contribution in [3.05, 3.63) is 34.2 Å². The van der Waals surface area contributed by atoms with Gasteiger partial charge < -0.3 is 0 Å². The number of nitriles is 1. The molecule has 5 heteroatoms. The Labute approximate surface area is 120 Å². The van der Waals surface area contributed by atoms with Gasteiger partial charge in [-0.15, -0.1) is 0 Å². The fraction of sp³-hybridized carbons (Fsp3) is 0.462. The first kappa shape index (κ1) is 16.9. The second-order valence-corrected chi connectivity index (χ2v) is 5.31. The van der Waals surface area contributed by atoms with Gasteiger partial charge in [0.25, 0.3) is 0 Å². The van der Waals surface area contributed by atoms with Crippen molar-refractivity contribution in [1.82, 2.24) is 10.9 Å². The van der Waals surface area contributed by atoms with Gasteiger partial charge in [0.15, 0.2) is 0 Å². The molecule has 1 atom stereocenters. The molecule has 1 unspecified atom stereocenters. The first-order valence-electron chi connectivity index (χ1n) is 5.57. The molecule has 0 fully saturated rings. The number of hydrogen-bond donors (Lipinski definition) is 2. The molecular formula is C13H18N4W. The predicted molar refractivity (Wildman–Crippen MR) is 70.0 cm³/mol. The SMILES string of the molecule is [C-]#[N+]CC(C#N)NN[C](=[W])/C(C)=C(/C)C(C)=CC. The van der Waals surface area contributed by atoms with Gasteiger partial charge in [-0.05, 0) is 0 Å². The van der Waals surface area contributed by atoms with E-state index < -0.39 is 6.04 Å². The average molecular weight is 414 g/mol. The van der Waals surface area contributed by atoms with Gasteiger partial charge in [-0.25, -0.2) is 0 Å². The fourth-order valence-corrected chi connectivity index (χ4v) is 1.90. The number of nitrogens with zero attached hydrogens (tertiary/aromatic N) is 2. The summed E-state index contributed by atoms with van der Waals surface area (Å²) >= 11 is 1.29. The van der Waals surface area contributed by atoms with Crippen LogP contribution < -0.4 is 10.9 Å². The van der Waals surface area contributed by atoms with Crippen LogP contribution in [0, 0.1) is 17.9 Å². The fourth-order valence-electron chi connectivity index (χ4n) is 1.14. The van der Waals surface area contributed by atoms with E-state index in [0.717, 1.165) is 4.02 Å². The van der Waals surface area contributed by atoms with Gasteiger partial charge in [-0.3, -0.25) is 0 Å². The molecule has 0 amide bonds. The van der Waals surface area contributed by atoms with Crippen molar-refractivity contribution in [3.8, 4) is 6.07 Å². The van der Waals surface area contributed by atoms with Crippen molar-refractivity contribution in [2.24, 2.45) is 0 Å². The van der Waals surface area contributed by atoms with Crippen LogP contribution in [0.4, 0.5) is 0 Å². The van der Waals surface area contributed by atoms with Crippen molar-refractivity contribution in [1.29, 1.82) is 5.26 Å². The monoisotopic (exact) mass is 414 g/mol. The van der Waals surface area contributed by atoms with Crippen LogP contribution in [0.25, 0.3) is 4.85 Å². The maximum absolute atomic E-state index is 8.82. The number of hydrogen-bond acceptors (Lipinski definition) is 3. The van der Waals surface area contributed by atoms with E-state index in [1.54, 1.807) is 0 Å². The molecule has 0 rings (SSSR count). The minimum absolute atomic E-state index is 0.155. The molecule has 0 aromatic heterocycles. The molecule has 0 saturated heterocycles. The number of rotatable bonds is 6. The summed E-state index contributed by atoms with van der Waals surface area (Å²) in [6.07, 6.45) is 2.08. The Morgan fingerprint density at radius 1 is 1.44 bits per heavy atom. The quantitative estimate of drug-likeness (QED) is 0.397. The molecule has 0 heterocycles. The number of allylic oxidation sites excluding steroid dienone is 3. The zero-order chi connectivity index (χ0) is 14.1. The van der Waals surface area contributed by atoms with Gasteiger partial charge in [0.2, 0.25) is 0 Å². The van der Waals surface area contributed by atoms with Crippen LogP contribution in [-0.4, -0.2) is 16.6 Å². The predicted octanol–water partition coefficient (Wildman–Crippen LogP) is 1.87. The van der Waals surface area contributed by atoms with Crippen molar-refractivity contribution in [2.45, 2.75) is 33.7 Å². The molecule has 0 aliphatic rings. The van der Waals surface area contributed by atoms with Gasteiger partial charge in [-0.1, -0.05) is 0 Å². The zero-order valence-corrected chi connectivity index (χ0v) is 14.1. The molecule has 0 aromatic carbocycles. The van der Waals surface area contributed by atoms with E-state index in [4.69, 9.17) is 11.8 Å². The van der Waals surface area contributed by atoms with Crippen LogP contribution in [-0.2, 0) is 19.4 Å². The maximum atomic E-state index is 8.82. The first-order valence-corrected chi connectivity index (χ1v) is 7.04. The van der Waals surface area contributed by atoms with Crippen molar-refractivity contribution < 1.29 is 19.4 Å². The van der Waals surface area contributed by atoms with E-state index in [1.165, 1.54) is 36.1 Å². The summed E-state index contributed by atoms with van der Waals surface area (Å²) in [6.45, 7) is 15.1. The van der Waals surface area contributed by atoms with E-state index in [0.29, 0.717) is 0 Å². The summed E-state index contributed by atoms with van der Waals surface area (Å²) in [6, 6.07) is 1.56. The van der Waals surface area contributed by atoms with E-state index in [9.17, 15) is 0 Å². The number of hydrazine groups is 1. The molecule has 0 spiro atoms. The summed E-state index contributed by atoms with van der Waals surface area (Å²) in [5, 5.41) is 8.82. The summed E-state index contributed by atoms with van der Waals surface area (Å²) < 4.78 is 1.04. The molecule has 0 aromatic rings. The second kappa shape index (κ2) is 8.95. The summed E-state index contributed by atoms with van der Waals surface area (Å²) in [5.74, 6) is 0. The third kappa shape index (κ3) is 5.52. The van der Waals surface area contributed by atoms with Gasteiger partial charge in [-0.2, -0.15) is 0 Å². The third-order valence-corrected chi connectivity index (χ3v) is 4.18. The standard InChI is InChI=1S/C13H18N4.W/c1-6-10(2)12(4)11(3)8-16-17-13(7-14)9-15-5;/h6,13,16-17H,9H2,1-4H3;/b10-6?,12-11-;.